The molecule has 0 saturated carbocycles. The standard InChI is InChI=1S/C15H20ClN3/c1-4-17-15(12-5-7-13(16)8-6-12)10-14-9-11(2)18-19(14)3/h5-9,15,17H,4,10H2,1-3H3. The molecule has 1 aromatic carbocycles. The molecule has 102 valence electrons. The molecule has 0 bridgehead atoms. The van der Waals surface area contributed by atoms with Crippen LogP contribution in [0.25, 0.3) is 0 Å². The zero-order chi connectivity index (χ0) is 13.8. The van der Waals surface area contributed by atoms with Crippen molar-refractivity contribution in [3.8, 4) is 0 Å². The smallest absolute Gasteiger partial charge is 0.0596 e. The summed E-state index contributed by atoms with van der Waals surface area (Å²) in [7, 11) is 1.99. The van der Waals surface area contributed by atoms with Gasteiger partial charge in [0.2, 0.25) is 0 Å². The zero-order valence-electron chi connectivity index (χ0n) is 11.7. The van der Waals surface area contributed by atoms with Crippen molar-refractivity contribution in [3.05, 3.63) is 52.3 Å². The van der Waals surface area contributed by atoms with E-state index in [-0.39, 0.29) is 6.04 Å². The molecule has 0 radical (unpaired) electrons. The third kappa shape index (κ3) is 3.58. The van der Waals surface area contributed by atoms with Crippen molar-refractivity contribution >= 4 is 11.6 Å². The number of benzene rings is 1. The Labute approximate surface area is 119 Å². The Morgan fingerprint density at radius 2 is 2.00 bits per heavy atom. The molecule has 1 heterocycles. The van der Waals surface area contributed by atoms with Gasteiger partial charge in [0.25, 0.3) is 0 Å². The molecule has 0 fully saturated rings. The second-order valence-corrected chi connectivity index (χ2v) is 5.20. The van der Waals surface area contributed by atoms with Crippen LogP contribution in [0.1, 0.15) is 29.9 Å². The first kappa shape index (κ1) is 14.1. The molecule has 0 aliphatic rings. The number of aryl methyl sites for hydroxylation is 2. The maximum atomic E-state index is 5.95. The van der Waals surface area contributed by atoms with Crippen LogP contribution in [0.4, 0.5) is 0 Å². The Balaban J connectivity index is 2.20. The molecule has 1 unspecified atom stereocenters. The number of hydrogen-bond donors (Lipinski definition) is 1. The van der Waals surface area contributed by atoms with Crippen molar-refractivity contribution in [2.24, 2.45) is 7.05 Å². The van der Waals surface area contributed by atoms with Crippen molar-refractivity contribution < 1.29 is 0 Å². The highest BCUT2D eigenvalue weighted by molar-refractivity contribution is 6.30. The second-order valence-electron chi connectivity index (χ2n) is 4.77. The zero-order valence-corrected chi connectivity index (χ0v) is 12.4. The fourth-order valence-corrected chi connectivity index (χ4v) is 2.44. The molecule has 2 rings (SSSR count). The van der Waals surface area contributed by atoms with Gasteiger partial charge in [-0.05, 0) is 37.2 Å². The number of likely N-dealkylation sites (N-methyl/N-ethyl adjacent to an activating group) is 1. The fourth-order valence-electron chi connectivity index (χ4n) is 2.31. The first-order valence-electron chi connectivity index (χ1n) is 6.58. The Bertz CT molecular complexity index is 531. The van der Waals surface area contributed by atoms with Crippen molar-refractivity contribution in [2.45, 2.75) is 26.3 Å². The van der Waals surface area contributed by atoms with Gasteiger partial charge in [0, 0.05) is 30.2 Å². The maximum absolute atomic E-state index is 5.95. The molecule has 1 N–H and O–H groups in total. The third-order valence-corrected chi connectivity index (χ3v) is 3.49. The van der Waals surface area contributed by atoms with E-state index in [0.29, 0.717) is 0 Å². The van der Waals surface area contributed by atoms with Crippen LogP contribution >= 0.6 is 11.6 Å². The van der Waals surface area contributed by atoms with E-state index in [0.717, 1.165) is 23.7 Å². The van der Waals surface area contributed by atoms with Gasteiger partial charge in [-0.2, -0.15) is 5.10 Å². The molecule has 0 aliphatic carbocycles. The lowest BCUT2D eigenvalue weighted by Crippen LogP contribution is -2.23. The monoisotopic (exact) mass is 277 g/mol. The van der Waals surface area contributed by atoms with Crippen molar-refractivity contribution in [1.29, 1.82) is 0 Å². The summed E-state index contributed by atoms with van der Waals surface area (Å²) in [6.45, 7) is 5.08. The minimum absolute atomic E-state index is 0.289. The molecule has 19 heavy (non-hydrogen) atoms. The Morgan fingerprint density at radius 3 is 2.53 bits per heavy atom. The average molecular weight is 278 g/mol. The number of rotatable bonds is 5. The van der Waals surface area contributed by atoms with Crippen molar-refractivity contribution in [3.63, 3.8) is 0 Å². The van der Waals surface area contributed by atoms with Crippen molar-refractivity contribution in [1.82, 2.24) is 15.1 Å². The van der Waals surface area contributed by atoms with E-state index in [2.05, 4.69) is 35.5 Å². The van der Waals surface area contributed by atoms with Crippen LogP contribution in [0.5, 0.6) is 0 Å². The quantitative estimate of drug-likeness (QED) is 0.909. The van der Waals surface area contributed by atoms with Crippen LogP contribution in [0.15, 0.2) is 30.3 Å². The molecular formula is C15H20ClN3. The number of aromatic nitrogens is 2. The SMILES string of the molecule is CCNC(Cc1cc(C)nn1C)c1ccc(Cl)cc1. The van der Waals surface area contributed by atoms with Gasteiger partial charge in [-0.25, -0.2) is 0 Å². The number of halogens is 1. The minimum Gasteiger partial charge on any atom is -0.310 e. The summed E-state index contributed by atoms with van der Waals surface area (Å²) in [5.74, 6) is 0. The van der Waals surface area contributed by atoms with Gasteiger partial charge >= 0.3 is 0 Å². The van der Waals surface area contributed by atoms with E-state index in [1.165, 1.54) is 11.3 Å². The van der Waals surface area contributed by atoms with E-state index in [1.54, 1.807) is 0 Å². The summed E-state index contributed by atoms with van der Waals surface area (Å²) < 4.78 is 1.95. The molecule has 2 aromatic rings. The first-order valence-corrected chi connectivity index (χ1v) is 6.96. The summed E-state index contributed by atoms with van der Waals surface area (Å²) in [6, 6.07) is 10.5. The fraction of sp³-hybridized carbons (Fsp3) is 0.400. The largest absolute Gasteiger partial charge is 0.310 e. The molecular weight excluding hydrogens is 258 g/mol. The van der Waals surface area contributed by atoms with Crippen molar-refractivity contribution in [2.75, 3.05) is 6.54 Å². The van der Waals surface area contributed by atoms with Crippen LogP contribution in [-0.4, -0.2) is 16.3 Å². The lowest BCUT2D eigenvalue weighted by atomic mass is 10.0. The van der Waals surface area contributed by atoms with Gasteiger partial charge < -0.3 is 5.32 Å². The summed E-state index contributed by atoms with van der Waals surface area (Å²) >= 11 is 5.95. The molecule has 4 heteroatoms. The molecule has 1 atom stereocenters. The van der Waals surface area contributed by atoms with Crippen LogP contribution < -0.4 is 5.32 Å². The third-order valence-electron chi connectivity index (χ3n) is 3.24. The average Bonchev–Trinajstić information content (AvgIpc) is 2.68. The normalized spacial score (nSPS) is 12.6. The molecule has 0 saturated heterocycles. The predicted molar refractivity (Wildman–Crippen MR) is 79.5 cm³/mol. The summed E-state index contributed by atoms with van der Waals surface area (Å²) in [6.07, 6.45) is 0.923. The lowest BCUT2D eigenvalue weighted by Gasteiger charge is -2.18. The van der Waals surface area contributed by atoms with E-state index in [9.17, 15) is 0 Å². The van der Waals surface area contributed by atoms with Gasteiger partial charge in [0.1, 0.15) is 0 Å². The summed E-state index contributed by atoms with van der Waals surface area (Å²) in [4.78, 5) is 0. The van der Waals surface area contributed by atoms with Gasteiger partial charge in [-0.3, -0.25) is 4.68 Å². The van der Waals surface area contributed by atoms with E-state index < -0.39 is 0 Å². The Kier molecular flexibility index (Phi) is 4.61. The van der Waals surface area contributed by atoms with Crippen LogP contribution in [0, 0.1) is 6.92 Å². The minimum atomic E-state index is 0.289. The highest BCUT2D eigenvalue weighted by Crippen LogP contribution is 2.20. The topological polar surface area (TPSA) is 29.9 Å². The van der Waals surface area contributed by atoms with E-state index >= 15 is 0 Å². The lowest BCUT2D eigenvalue weighted by molar-refractivity contribution is 0.529. The Morgan fingerprint density at radius 1 is 1.32 bits per heavy atom. The highest BCUT2D eigenvalue weighted by Gasteiger charge is 2.13. The van der Waals surface area contributed by atoms with Gasteiger partial charge in [-0.1, -0.05) is 30.7 Å². The molecule has 1 aromatic heterocycles. The van der Waals surface area contributed by atoms with Gasteiger partial charge in [-0.15, -0.1) is 0 Å². The molecule has 3 nitrogen and oxygen atoms in total. The molecule has 0 amide bonds. The second kappa shape index (κ2) is 6.22. The summed E-state index contributed by atoms with van der Waals surface area (Å²) in [5, 5.41) is 8.69. The van der Waals surface area contributed by atoms with Gasteiger partial charge in [0.05, 0.1) is 5.69 Å². The number of hydrogen-bond acceptors (Lipinski definition) is 2. The van der Waals surface area contributed by atoms with Crippen LogP contribution in [-0.2, 0) is 13.5 Å². The Hall–Kier alpha value is -1.32. The number of nitrogens with one attached hydrogen (secondary N) is 1. The van der Waals surface area contributed by atoms with Gasteiger partial charge in [0.15, 0.2) is 0 Å². The maximum Gasteiger partial charge on any atom is 0.0596 e. The molecule has 0 spiro atoms. The molecule has 0 aliphatic heterocycles. The van der Waals surface area contributed by atoms with E-state index in [4.69, 9.17) is 11.6 Å². The summed E-state index contributed by atoms with van der Waals surface area (Å²) in [5.41, 5.74) is 3.55. The van der Waals surface area contributed by atoms with Crippen LogP contribution in [0.2, 0.25) is 5.02 Å². The van der Waals surface area contributed by atoms with Crippen LogP contribution in [0.3, 0.4) is 0 Å². The van der Waals surface area contributed by atoms with E-state index in [1.807, 2.05) is 30.8 Å². The highest BCUT2D eigenvalue weighted by atomic mass is 35.5. The predicted octanol–water partition coefficient (Wildman–Crippen LogP) is 3.28. The number of nitrogens with zero attached hydrogens (tertiary/aromatic N) is 2. The first-order chi connectivity index (χ1) is 9.10.